The first-order valence-corrected chi connectivity index (χ1v) is 5.94. The van der Waals surface area contributed by atoms with Crippen LogP contribution in [0.3, 0.4) is 0 Å². The lowest BCUT2D eigenvalue weighted by molar-refractivity contribution is 0.415. The molecule has 0 saturated carbocycles. The molecule has 3 nitrogen and oxygen atoms in total. The van der Waals surface area contributed by atoms with Gasteiger partial charge in [0, 0.05) is 22.7 Å². The molecule has 0 spiro atoms. The first-order valence-electron chi connectivity index (χ1n) is 5.94. The molecule has 0 fully saturated rings. The minimum absolute atomic E-state index is 0.0590. The predicted octanol–water partition coefficient (Wildman–Crippen LogP) is 2.88. The average Bonchev–Trinajstić information content (AvgIpc) is 2.36. The Labute approximate surface area is 100 Å². The van der Waals surface area contributed by atoms with Gasteiger partial charge < -0.3 is 9.72 Å². The van der Waals surface area contributed by atoms with Gasteiger partial charge in [-0.05, 0) is 31.0 Å². The number of pyridine rings is 1. The van der Waals surface area contributed by atoms with E-state index in [1.165, 1.54) is 0 Å². The van der Waals surface area contributed by atoms with Crippen molar-refractivity contribution in [3.8, 4) is 5.75 Å². The van der Waals surface area contributed by atoms with Crippen LogP contribution in [0.15, 0.2) is 29.1 Å². The van der Waals surface area contributed by atoms with E-state index in [-0.39, 0.29) is 5.43 Å². The summed E-state index contributed by atoms with van der Waals surface area (Å²) in [6, 6.07) is 7.22. The third-order valence-electron chi connectivity index (χ3n) is 2.89. The molecular formula is C14H17NO2. The topological polar surface area (TPSA) is 42.1 Å². The second kappa shape index (κ2) is 5.04. The number of nitrogens with one attached hydrogen (secondary N) is 1. The van der Waals surface area contributed by atoms with Gasteiger partial charge in [-0.15, -0.1) is 0 Å². The third kappa shape index (κ3) is 2.49. The van der Waals surface area contributed by atoms with E-state index in [2.05, 4.69) is 11.9 Å². The van der Waals surface area contributed by atoms with Crippen molar-refractivity contribution in [3.05, 3.63) is 40.2 Å². The van der Waals surface area contributed by atoms with Crippen LogP contribution in [0.5, 0.6) is 5.75 Å². The molecule has 90 valence electrons. The molecule has 1 N–H and O–H groups in total. The summed E-state index contributed by atoms with van der Waals surface area (Å²) >= 11 is 0. The number of H-pyrrole nitrogens is 1. The van der Waals surface area contributed by atoms with Crippen molar-refractivity contribution in [1.29, 1.82) is 0 Å². The van der Waals surface area contributed by atoms with Crippen molar-refractivity contribution in [1.82, 2.24) is 4.98 Å². The lowest BCUT2D eigenvalue weighted by atomic mass is 10.1. The van der Waals surface area contributed by atoms with E-state index in [1.807, 2.05) is 12.1 Å². The van der Waals surface area contributed by atoms with Crippen molar-refractivity contribution in [2.75, 3.05) is 7.11 Å². The zero-order chi connectivity index (χ0) is 12.3. The normalized spacial score (nSPS) is 10.7. The molecule has 0 unspecified atom stereocenters. The Morgan fingerprint density at radius 1 is 1.29 bits per heavy atom. The average molecular weight is 231 g/mol. The maximum atomic E-state index is 12.0. The van der Waals surface area contributed by atoms with Crippen molar-refractivity contribution >= 4 is 10.9 Å². The number of rotatable bonds is 4. The Morgan fingerprint density at radius 2 is 2.12 bits per heavy atom. The van der Waals surface area contributed by atoms with Gasteiger partial charge in [0.2, 0.25) is 0 Å². The molecule has 0 radical (unpaired) electrons. The van der Waals surface area contributed by atoms with Crippen LogP contribution in [-0.2, 0) is 6.42 Å². The molecule has 17 heavy (non-hydrogen) atoms. The zero-order valence-electron chi connectivity index (χ0n) is 10.2. The Hall–Kier alpha value is -1.77. The van der Waals surface area contributed by atoms with Crippen LogP contribution in [0.4, 0.5) is 0 Å². The number of aryl methyl sites for hydroxylation is 1. The number of hydrogen-bond donors (Lipinski definition) is 1. The molecule has 0 aliphatic heterocycles. The molecule has 0 saturated heterocycles. The minimum Gasteiger partial charge on any atom is -0.497 e. The summed E-state index contributed by atoms with van der Waals surface area (Å²) in [5.41, 5.74) is 1.95. The summed E-state index contributed by atoms with van der Waals surface area (Å²) in [7, 11) is 1.60. The molecule has 0 atom stereocenters. The SMILES string of the molecule is CCCCc1cc(=O)c2cc(OC)ccc2[nH]1. The van der Waals surface area contributed by atoms with Gasteiger partial charge >= 0.3 is 0 Å². The Balaban J connectivity index is 2.48. The number of benzene rings is 1. The van der Waals surface area contributed by atoms with E-state index in [9.17, 15) is 4.79 Å². The van der Waals surface area contributed by atoms with E-state index in [0.29, 0.717) is 11.1 Å². The Morgan fingerprint density at radius 3 is 2.82 bits per heavy atom. The van der Waals surface area contributed by atoms with Crippen LogP contribution >= 0.6 is 0 Å². The molecule has 0 bridgehead atoms. The summed E-state index contributed by atoms with van der Waals surface area (Å²) in [4.78, 5) is 15.3. The molecular weight excluding hydrogens is 214 g/mol. The highest BCUT2D eigenvalue weighted by Crippen LogP contribution is 2.17. The molecule has 1 aromatic heterocycles. The quantitative estimate of drug-likeness (QED) is 0.879. The first-order chi connectivity index (χ1) is 8.24. The summed E-state index contributed by atoms with van der Waals surface area (Å²) in [5.74, 6) is 0.712. The van der Waals surface area contributed by atoms with Crippen LogP contribution in [-0.4, -0.2) is 12.1 Å². The Kier molecular flexibility index (Phi) is 3.47. The summed E-state index contributed by atoms with van der Waals surface area (Å²) in [6.07, 6.45) is 3.15. The standard InChI is InChI=1S/C14H17NO2/c1-3-4-5-10-8-14(16)12-9-11(17-2)6-7-13(12)15-10/h6-9H,3-5H2,1-2H3,(H,15,16). The van der Waals surface area contributed by atoms with E-state index in [0.717, 1.165) is 30.5 Å². The van der Waals surface area contributed by atoms with E-state index >= 15 is 0 Å². The van der Waals surface area contributed by atoms with Gasteiger partial charge in [0.25, 0.3) is 0 Å². The zero-order valence-corrected chi connectivity index (χ0v) is 10.2. The number of fused-ring (bicyclic) bond motifs is 1. The van der Waals surface area contributed by atoms with Crippen molar-refractivity contribution < 1.29 is 4.74 Å². The largest absolute Gasteiger partial charge is 0.497 e. The predicted molar refractivity (Wildman–Crippen MR) is 69.7 cm³/mol. The second-order valence-corrected chi connectivity index (χ2v) is 4.17. The molecule has 2 aromatic rings. The van der Waals surface area contributed by atoms with Gasteiger partial charge in [0.1, 0.15) is 5.75 Å². The fraction of sp³-hybridized carbons (Fsp3) is 0.357. The van der Waals surface area contributed by atoms with Crippen LogP contribution < -0.4 is 10.2 Å². The molecule has 0 aliphatic carbocycles. The second-order valence-electron chi connectivity index (χ2n) is 4.17. The number of aromatic nitrogens is 1. The molecule has 2 rings (SSSR count). The van der Waals surface area contributed by atoms with Gasteiger partial charge in [-0.3, -0.25) is 4.79 Å². The number of ether oxygens (including phenoxy) is 1. The van der Waals surface area contributed by atoms with Crippen LogP contribution in [0.2, 0.25) is 0 Å². The van der Waals surface area contributed by atoms with Gasteiger partial charge in [0.15, 0.2) is 5.43 Å². The van der Waals surface area contributed by atoms with E-state index in [1.54, 1.807) is 19.2 Å². The number of methoxy groups -OCH3 is 1. The highest BCUT2D eigenvalue weighted by molar-refractivity contribution is 5.80. The maximum Gasteiger partial charge on any atom is 0.189 e. The number of unbranched alkanes of at least 4 members (excludes halogenated alkanes) is 1. The minimum atomic E-state index is 0.0590. The lowest BCUT2D eigenvalue weighted by Crippen LogP contribution is -2.05. The van der Waals surface area contributed by atoms with Crippen molar-refractivity contribution in [3.63, 3.8) is 0 Å². The summed E-state index contributed by atoms with van der Waals surface area (Å²) in [6.45, 7) is 2.14. The molecule has 3 heteroatoms. The van der Waals surface area contributed by atoms with Gasteiger partial charge in [-0.2, -0.15) is 0 Å². The van der Waals surface area contributed by atoms with Crippen LogP contribution in [0.25, 0.3) is 10.9 Å². The number of hydrogen-bond acceptors (Lipinski definition) is 2. The Bertz CT molecular complexity index is 572. The van der Waals surface area contributed by atoms with Gasteiger partial charge in [0.05, 0.1) is 7.11 Å². The maximum absolute atomic E-state index is 12.0. The van der Waals surface area contributed by atoms with E-state index < -0.39 is 0 Å². The summed E-state index contributed by atoms with van der Waals surface area (Å²) in [5, 5.41) is 0.685. The van der Waals surface area contributed by atoms with Crippen LogP contribution in [0, 0.1) is 0 Å². The molecule has 0 aliphatic rings. The highest BCUT2D eigenvalue weighted by atomic mass is 16.5. The summed E-state index contributed by atoms with van der Waals surface area (Å²) < 4.78 is 5.12. The molecule has 1 heterocycles. The smallest absolute Gasteiger partial charge is 0.189 e. The lowest BCUT2D eigenvalue weighted by Gasteiger charge is -2.05. The van der Waals surface area contributed by atoms with E-state index in [4.69, 9.17) is 4.74 Å². The van der Waals surface area contributed by atoms with Gasteiger partial charge in [-0.25, -0.2) is 0 Å². The first kappa shape index (κ1) is 11.7. The third-order valence-corrected chi connectivity index (χ3v) is 2.89. The molecule has 1 aromatic carbocycles. The fourth-order valence-electron chi connectivity index (χ4n) is 1.91. The number of aromatic amines is 1. The molecule has 0 amide bonds. The monoisotopic (exact) mass is 231 g/mol. The van der Waals surface area contributed by atoms with Crippen molar-refractivity contribution in [2.45, 2.75) is 26.2 Å². The highest BCUT2D eigenvalue weighted by Gasteiger charge is 2.03. The van der Waals surface area contributed by atoms with Gasteiger partial charge in [-0.1, -0.05) is 13.3 Å². The van der Waals surface area contributed by atoms with Crippen LogP contribution in [0.1, 0.15) is 25.5 Å². The fourth-order valence-corrected chi connectivity index (χ4v) is 1.91. The van der Waals surface area contributed by atoms with Crippen molar-refractivity contribution in [2.24, 2.45) is 0 Å².